The van der Waals surface area contributed by atoms with Crippen LogP contribution in [0.1, 0.15) is 18.6 Å². The van der Waals surface area contributed by atoms with Crippen LogP contribution in [-0.4, -0.2) is 8.32 Å². The third-order valence-electron chi connectivity index (χ3n) is 3.21. The summed E-state index contributed by atoms with van der Waals surface area (Å²) in [4.78, 5) is 0. The molecule has 0 bridgehead atoms. The highest BCUT2D eigenvalue weighted by atomic mass is 28.4. The Morgan fingerprint density at radius 3 is 1.89 bits per heavy atom. The van der Waals surface area contributed by atoms with Gasteiger partial charge in [-0.2, -0.15) is 0 Å². The lowest BCUT2D eigenvalue weighted by atomic mass is 10.1. The Labute approximate surface area is 111 Å². The first-order valence-corrected chi connectivity index (χ1v) is 9.29. The van der Waals surface area contributed by atoms with E-state index in [1.807, 2.05) is 6.07 Å². The maximum absolute atomic E-state index is 6.35. The predicted molar refractivity (Wildman–Crippen MR) is 79.5 cm³/mol. The zero-order valence-electron chi connectivity index (χ0n) is 11.3. The third kappa shape index (κ3) is 3.09. The summed E-state index contributed by atoms with van der Waals surface area (Å²) in [7, 11) is -1.83. The highest BCUT2D eigenvalue weighted by molar-refractivity contribution is 6.84. The van der Waals surface area contributed by atoms with Crippen molar-refractivity contribution in [2.24, 2.45) is 0 Å². The SMILES string of the molecule is CC(O[Si](C)(C)c1ccccc1)c1ccccc1. The zero-order chi connectivity index (χ0) is 13.0. The Kier molecular flexibility index (Phi) is 3.99. The zero-order valence-corrected chi connectivity index (χ0v) is 12.3. The van der Waals surface area contributed by atoms with Crippen molar-refractivity contribution in [3.8, 4) is 0 Å². The van der Waals surface area contributed by atoms with Gasteiger partial charge in [-0.05, 0) is 30.8 Å². The van der Waals surface area contributed by atoms with Gasteiger partial charge in [-0.15, -0.1) is 0 Å². The number of rotatable bonds is 4. The van der Waals surface area contributed by atoms with Crippen LogP contribution in [0.25, 0.3) is 0 Å². The summed E-state index contributed by atoms with van der Waals surface area (Å²) in [6.45, 7) is 6.64. The Hall–Kier alpha value is -1.38. The second kappa shape index (κ2) is 5.51. The Bertz CT molecular complexity index is 479. The molecule has 0 aliphatic rings. The molecule has 1 nitrogen and oxygen atoms in total. The predicted octanol–water partition coefficient (Wildman–Crippen LogP) is 3.88. The summed E-state index contributed by atoms with van der Waals surface area (Å²) in [6, 6.07) is 21.0. The van der Waals surface area contributed by atoms with Gasteiger partial charge in [0, 0.05) is 0 Å². The highest BCUT2D eigenvalue weighted by Crippen LogP contribution is 2.21. The van der Waals surface area contributed by atoms with Crippen LogP contribution in [0.15, 0.2) is 60.7 Å². The van der Waals surface area contributed by atoms with Crippen LogP contribution in [-0.2, 0) is 4.43 Å². The van der Waals surface area contributed by atoms with E-state index in [0.29, 0.717) is 0 Å². The van der Waals surface area contributed by atoms with Crippen molar-refractivity contribution >= 4 is 13.5 Å². The molecule has 0 saturated heterocycles. The molecule has 0 fully saturated rings. The number of hydrogen-bond donors (Lipinski definition) is 0. The van der Waals surface area contributed by atoms with E-state index < -0.39 is 8.32 Å². The van der Waals surface area contributed by atoms with Gasteiger partial charge in [0.25, 0.3) is 0 Å². The molecule has 0 heterocycles. The van der Waals surface area contributed by atoms with Gasteiger partial charge < -0.3 is 4.43 Å². The molecule has 0 amide bonds. The molecule has 0 saturated carbocycles. The van der Waals surface area contributed by atoms with Crippen molar-refractivity contribution < 1.29 is 4.43 Å². The van der Waals surface area contributed by atoms with Crippen molar-refractivity contribution in [2.75, 3.05) is 0 Å². The van der Waals surface area contributed by atoms with E-state index in [1.165, 1.54) is 10.8 Å². The van der Waals surface area contributed by atoms with E-state index in [4.69, 9.17) is 4.43 Å². The van der Waals surface area contributed by atoms with Crippen LogP contribution in [0.5, 0.6) is 0 Å². The van der Waals surface area contributed by atoms with Gasteiger partial charge in [0.2, 0.25) is 8.32 Å². The normalized spacial score (nSPS) is 13.3. The second-order valence-electron chi connectivity index (χ2n) is 5.05. The van der Waals surface area contributed by atoms with Crippen LogP contribution in [0, 0.1) is 0 Å². The molecule has 0 spiro atoms. The Balaban J connectivity index is 2.14. The van der Waals surface area contributed by atoms with Crippen molar-refractivity contribution in [2.45, 2.75) is 26.1 Å². The first-order valence-electron chi connectivity index (χ1n) is 6.38. The molecule has 2 aromatic carbocycles. The summed E-state index contributed by atoms with van der Waals surface area (Å²) < 4.78 is 6.35. The standard InChI is InChI=1S/C16H20OSi/c1-14(15-10-6-4-7-11-15)17-18(2,3)16-12-8-5-9-13-16/h4-14H,1-3H3. The molecule has 94 valence electrons. The lowest BCUT2D eigenvalue weighted by Crippen LogP contribution is -2.45. The third-order valence-corrected chi connectivity index (χ3v) is 5.88. The van der Waals surface area contributed by atoms with E-state index in [1.54, 1.807) is 0 Å². The smallest absolute Gasteiger partial charge is 0.218 e. The molecule has 0 aliphatic carbocycles. The van der Waals surface area contributed by atoms with Gasteiger partial charge in [-0.25, -0.2) is 0 Å². The van der Waals surface area contributed by atoms with Crippen LogP contribution in [0.3, 0.4) is 0 Å². The molecule has 0 radical (unpaired) electrons. The molecule has 0 N–H and O–H groups in total. The quantitative estimate of drug-likeness (QED) is 0.754. The fourth-order valence-electron chi connectivity index (χ4n) is 2.14. The summed E-state index contributed by atoms with van der Waals surface area (Å²) in [5.41, 5.74) is 1.24. The molecule has 2 aromatic rings. The molecular formula is C16H20OSi. The maximum Gasteiger partial charge on any atom is 0.218 e. The summed E-state index contributed by atoms with van der Waals surface area (Å²) in [5.74, 6) is 0. The molecule has 18 heavy (non-hydrogen) atoms. The Morgan fingerprint density at radius 1 is 0.833 bits per heavy atom. The van der Waals surface area contributed by atoms with Crippen molar-refractivity contribution in [3.05, 3.63) is 66.2 Å². The van der Waals surface area contributed by atoms with Gasteiger partial charge >= 0.3 is 0 Å². The average molecular weight is 256 g/mol. The fraction of sp³-hybridized carbons (Fsp3) is 0.250. The lowest BCUT2D eigenvalue weighted by molar-refractivity contribution is 0.222. The minimum Gasteiger partial charge on any atom is -0.406 e. The van der Waals surface area contributed by atoms with Gasteiger partial charge in [-0.3, -0.25) is 0 Å². The molecule has 0 aliphatic heterocycles. The van der Waals surface area contributed by atoms with Gasteiger partial charge in [0.05, 0.1) is 6.10 Å². The first kappa shape index (κ1) is 13.1. The van der Waals surface area contributed by atoms with Crippen molar-refractivity contribution in [3.63, 3.8) is 0 Å². The van der Waals surface area contributed by atoms with Crippen molar-refractivity contribution in [1.29, 1.82) is 0 Å². The van der Waals surface area contributed by atoms with E-state index in [2.05, 4.69) is 74.6 Å². The largest absolute Gasteiger partial charge is 0.406 e. The molecule has 0 aromatic heterocycles. The number of hydrogen-bond acceptors (Lipinski definition) is 1. The maximum atomic E-state index is 6.35. The van der Waals surface area contributed by atoms with Gasteiger partial charge in [0.15, 0.2) is 0 Å². The molecule has 1 unspecified atom stereocenters. The minimum absolute atomic E-state index is 0.146. The molecular weight excluding hydrogens is 236 g/mol. The van der Waals surface area contributed by atoms with Crippen LogP contribution in [0.4, 0.5) is 0 Å². The van der Waals surface area contributed by atoms with Crippen LogP contribution < -0.4 is 5.19 Å². The number of benzene rings is 2. The summed E-state index contributed by atoms with van der Waals surface area (Å²) in [5, 5.41) is 1.34. The van der Waals surface area contributed by atoms with E-state index in [9.17, 15) is 0 Å². The van der Waals surface area contributed by atoms with Crippen LogP contribution in [0.2, 0.25) is 13.1 Å². The van der Waals surface area contributed by atoms with Gasteiger partial charge in [-0.1, -0.05) is 60.7 Å². The molecule has 1 atom stereocenters. The highest BCUT2D eigenvalue weighted by Gasteiger charge is 2.27. The topological polar surface area (TPSA) is 9.23 Å². The average Bonchev–Trinajstić information content (AvgIpc) is 2.40. The first-order chi connectivity index (χ1) is 8.59. The Morgan fingerprint density at radius 2 is 1.33 bits per heavy atom. The van der Waals surface area contributed by atoms with E-state index >= 15 is 0 Å². The minimum atomic E-state index is -1.83. The fourth-order valence-corrected chi connectivity index (χ4v) is 4.29. The molecule has 2 heteroatoms. The van der Waals surface area contributed by atoms with Gasteiger partial charge in [0.1, 0.15) is 0 Å². The summed E-state index contributed by atoms with van der Waals surface area (Å²) in [6.07, 6.45) is 0.146. The monoisotopic (exact) mass is 256 g/mol. The second-order valence-corrected chi connectivity index (χ2v) is 8.88. The lowest BCUT2D eigenvalue weighted by Gasteiger charge is -2.28. The van der Waals surface area contributed by atoms with E-state index in [-0.39, 0.29) is 6.10 Å². The van der Waals surface area contributed by atoms with Crippen molar-refractivity contribution in [1.82, 2.24) is 0 Å². The molecule has 2 rings (SSSR count). The van der Waals surface area contributed by atoms with E-state index in [0.717, 1.165) is 0 Å². The van der Waals surface area contributed by atoms with Crippen LogP contribution >= 0.6 is 0 Å². The summed E-state index contributed by atoms with van der Waals surface area (Å²) >= 11 is 0.